The van der Waals surface area contributed by atoms with Crippen molar-refractivity contribution in [1.82, 2.24) is 0 Å². The lowest BCUT2D eigenvalue weighted by molar-refractivity contribution is 0.744. The topological polar surface area (TPSA) is 0 Å². The molecule has 1 unspecified atom stereocenters. The molecule has 0 saturated heterocycles. The third kappa shape index (κ3) is 2.60. The van der Waals surface area contributed by atoms with Gasteiger partial charge >= 0.3 is 0 Å². The minimum Gasteiger partial charge on any atom is -0.154 e. The molecule has 0 radical (unpaired) electrons. The first-order chi connectivity index (χ1) is 8.87. The molecule has 0 aliphatic rings. The fourth-order valence-electron chi connectivity index (χ4n) is 2.40. The lowest BCUT2D eigenvalue weighted by Gasteiger charge is -2.38. The largest absolute Gasteiger partial charge is 0.224 e. The van der Waals surface area contributed by atoms with E-state index in [2.05, 4.69) is 39.0 Å². The van der Waals surface area contributed by atoms with Gasteiger partial charge in [-0.3, -0.25) is 0 Å². The average Bonchev–Trinajstić information content (AvgIpc) is 2.38. The summed E-state index contributed by atoms with van der Waals surface area (Å²) in [5.41, 5.74) is 0. The third-order valence-electron chi connectivity index (χ3n) is 3.45. The maximum absolute atomic E-state index is 7.23. The van der Waals surface area contributed by atoms with Crippen LogP contribution in [0, 0.1) is 0 Å². The first-order valence-electron chi connectivity index (χ1n) is 6.37. The van der Waals surface area contributed by atoms with Gasteiger partial charge in [0.05, 0.1) is 0 Å². The van der Waals surface area contributed by atoms with E-state index < -0.39 is 7.38 Å². The van der Waals surface area contributed by atoms with Crippen LogP contribution >= 0.6 is 22.7 Å². The molecule has 0 heterocycles. The van der Waals surface area contributed by atoms with E-state index in [1.54, 1.807) is 0 Å². The van der Waals surface area contributed by atoms with Crippen LogP contribution in [0.15, 0.2) is 54.6 Å². The Labute approximate surface area is 126 Å². The first kappa shape index (κ1) is 14.6. The lowest BCUT2D eigenvalue weighted by Crippen LogP contribution is -2.60. The van der Waals surface area contributed by atoms with Gasteiger partial charge in [0, 0.05) is 5.02 Å². The fraction of sp³-hybridized carbons (Fsp3) is 0.250. The van der Waals surface area contributed by atoms with E-state index in [1.165, 1.54) is 5.19 Å². The van der Waals surface area contributed by atoms with Gasteiger partial charge in [-0.05, 0) is 21.5 Å². The van der Waals surface area contributed by atoms with Crippen LogP contribution in [0.1, 0.15) is 20.8 Å². The van der Waals surface area contributed by atoms with E-state index in [1.807, 2.05) is 36.4 Å². The van der Waals surface area contributed by atoms with Crippen LogP contribution in [-0.4, -0.2) is 7.38 Å². The zero-order valence-electron chi connectivity index (χ0n) is 11.5. The zero-order valence-corrected chi connectivity index (χ0v) is 14.0. The average molecular weight is 309 g/mol. The monoisotopic (exact) mass is 308 g/mol. The molecular formula is C16H18Cl2Si. The van der Waals surface area contributed by atoms with Crippen LogP contribution in [0.5, 0.6) is 0 Å². The third-order valence-corrected chi connectivity index (χ3v) is 11.3. The minimum absolute atomic E-state index is 0.0269. The summed E-state index contributed by atoms with van der Waals surface area (Å²) in [7, 11) is -2.41. The van der Waals surface area contributed by atoms with Crippen LogP contribution in [0.25, 0.3) is 0 Å². The van der Waals surface area contributed by atoms with Crippen LogP contribution in [0.3, 0.4) is 0 Å². The molecule has 0 bridgehead atoms. The Morgan fingerprint density at radius 3 is 1.89 bits per heavy atom. The molecule has 0 nitrogen and oxygen atoms in total. The molecule has 2 aromatic rings. The van der Waals surface area contributed by atoms with Crippen LogP contribution in [-0.2, 0) is 0 Å². The molecule has 0 saturated carbocycles. The van der Waals surface area contributed by atoms with Gasteiger partial charge in [-0.15, -0.1) is 0 Å². The molecule has 2 rings (SSSR count). The van der Waals surface area contributed by atoms with E-state index in [9.17, 15) is 0 Å². The van der Waals surface area contributed by atoms with Crippen LogP contribution in [0.2, 0.25) is 10.1 Å². The SMILES string of the molecule is CC(C)(C)[Si](Cl)(c1ccccc1)c1ccccc1Cl. The van der Waals surface area contributed by atoms with E-state index in [0.717, 1.165) is 10.2 Å². The summed E-state index contributed by atoms with van der Waals surface area (Å²) >= 11 is 13.6. The van der Waals surface area contributed by atoms with Gasteiger partial charge in [-0.2, -0.15) is 11.1 Å². The zero-order chi connectivity index (χ0) is 14.1. The second-order valence-corrected chi connectivity index (χ2v) is 11.8. The highest BCUT2D eigenvalue weighted by Gasteiger charge is 2.47. The molecular weight excluding hydrogens is 291 g/mol. The number of halogens is 2. The highest BCUT2D eigenvalue weighted by Crippen LogP contribution is 2.39. The maximum Gasteiger partial charge on any atom is 0.224 e. The molecule has 0 spiro atoms. The second-order valence-electron chi connectivity index (χ2n) is 5.75. The predicted molar refractivity (Wildman–Crippen MR) is 88.5 cm³/mol. The molecule has 0 aliphatic heterocycles. The van der Waals surface area contributed by atoms with Crippen molar-refractivity contribution in [3.8, 4) is 0 Å². The Morgan fingerprint density at radius 2 is 1.37 bits per heavy atom. The van der Waals surface area contributed by atoms with Gasteiger partial charge < -0.3 is 0 Å². The van der Waals surface area contributed by atoms with Crippen molar-refractivity contribution in [3.63, 3.8) is 0 Å². The molecule has 0 amide bonds. The van der Waals surface area contributed by atoms with E-state index in [0.29, 0.717) is 0 Å². The molecule has 0 aliphatic carbocycles. The molecule has 1 atom stereocenters. The molecule has 0 fully saturated rings. The maximum atomic E-state index is 7.23. The first-order valence-corrected chi connectivity index (χ1v) is 9.76. The van der Waals surface area contributed by atoms with E-state index in [4.69, 9.17) is 22.7 Å². The van der Waals surface area contributed by atoms with Gasteiger partial charge in [0.2, 0.25) is 7.38 Å². The van der Waals surface area contributed by atoms with Crippen molar-refractivity contribution >= 4 is 40.4 Å². The number of benzene rings is 2. The summed E-state index contributed by atoms with van der Waals surface area (Å²) in [6, 6.07) is 18.3. The Kier molecular flexibility index (Phi) is 4.10. The Balaban J connectivity index is 2.71. The molecule has 100 valence electrons. The van der Waals surface area contributed by atoms with Gasteiger partial charge in [-0.25, -0.2) is 0 Å². The van der Waals surface area contributed by atoms with Crippen molar-refractivity contribution in [2.75, 3.05) is 0 Å². The van der Waals surface area contributed by atoms with Gasteiger partial charge in [0.1, 0.15) is 0 Å². The summed E-state index contributed by atoms with van der Waals surface area (Å²) in [5.74, 6) is 0. The molecule has 0 aromatic heterocycles. The second kappa shape index (κ2) is 5.32. The van der Waals surface area contributed by atoms with E-state index >= 15 is 0 Å². The van der Waals surface area contributed by atoms with Gasteiger partial charge in [0.15, 0.2) is 0 Å². The van der Waals surface area contributed by atoms with Crippen molar-refractivity contribution < 1.29 is 0 Å². The summed E-state index contributed by atoms with van der Waals surface area (Å²) in [5, 5.41) is 3.04. The van der Waals surface area contributed by atoms with E-state index in [-0.39, 0.29) is 5.04 Å². The van der Waals surface area contributed by atoms with Crippen molar-refractivity contribution in [3.05, 3.63) is 59.6 Å². The quantitative estimate of drug-likeness (QED) is 0.568. The number of hydrogen-bond donors (Lipinski definition) is 0. The lowest BCUT2D eigenvalue weighted by atomic mass is 10.2. The number of rotatable bonds is 2. The molecule has 0 N–H and O–H groups in total. The minimum atomic E-state index is -2.41. The molecule has 19 heavy (non-hydrogen) atoms. The summed E-state index contributed by atoms with van der Waals surface area (Å²) in [6.07, 6.45) is 0. The van der Waals surface area contributed by atoms with Crippen LogP contribution in [0.4, 0.5) is 0 Å². The summed E-state index contributed by atoms with van der Waals surface area (Å²) in [6.45, 7) is 6.59. The Hall–Kier alpha value is -0.763. The Morgan fingerprint density at radius 1 is 0.842 bits per heavy atom. The van der Waals surface area contributed by atoms with Crippen molar-refractivity contribution in [2.24, 2.45) is 0 Å². The highest BCUT2D eigenvalue weighted by molar-refractivity contribution is 7.35. The molecule has 3 heteroatoms. The summed E-state index contributed by atoms with van der Waals surface area (Å²) in [4.78, 5) is 0. The standard InChI is InChI=1S/C16H18Cl2Si/c1-16(2,3)19(18,13-9-5-4-6-10-13)15-12-8-7-11-14(15)17/h4-12H,1-3H3. The van der Waals surface area contributed by atoms with Crippen LogP contribution < -0.4 is 10.4 Å². The fourth-order valence-corrected chi connectivity index (χ4v) is 7.35. The van der Waals surface area contributed by atoms with Gasteiger partial charge in [0.25, 0.3) is 0 Å². The smallest absolute Gasteiger partial charge is 0.154 e. The highest BCUT2D eigenvalue weighted by atomic mass is 35.6. The van der Waals surface area contributed by atoms with Gasteiger partial charge in [-0.1, -0.05) is 80.9 Å². The van der Waals surface area contributed by atoms with Crippen molar-refractivity contribution in [1.29, 1.82) is 0 Å². The van der Waals surface area contributed by atoms with Crippen molar-refractivity contribution in [2.45, 2.75) is 25.8 Å². The predicted octanol–water partition coefficient (Wildman–Crippen LogP) is 4.44. The summed E-state index contributed by atoms with van der Waals surface area (Å²) < 4.78 is 0. The number of hydrogen-bond acceptors (Lipinski definition) is 0. The molecule has 2 aromatic carbocycles. The Bertz CT molecular complexity index is 560. The normalized spacial score (nSPS) is 15.0.